The van der Waals surface area contributed by atoms with Crippen molar-refractivity contribution in [3.63, 3.8) is 0 Å². The predicted molar refractivity (Wildman–Crippen MR) is 136 cm³/mol. The number of ether oxygens (including phenoxy) is 1. The number of carbonyl (C=O) groups is 3. The second kappa shape index (κ2) is 11.0. The molecule has 0 aliphatic heterocycles. The summed E-state index contributed by atoms with van der Waals surface area (Å²) in [5, 5.41) is 8.30. The minimum Gasteiger partial charge on any atom is -0.463 e. The lowest BCUT2D eigenvalue weighted by molar-refractivity contribution is -0.137. The summed E-state index contributed by atoms with van der Waals surface area (Å²) in [6.45, 7) is 2.50. The molecule has 180 valence electrons. The lowest BCUT2D eigenvalue weighted by atomic mass is 9.96. The third-order valence-corrected chi connectivity index (χ3v) is 6.14. The highest BCUT2D eigenvalue weighted by molar-refractivity contribution is 5.98. The number of rotatable bonds is 10. The van der Waals surface area contributed by atoms with Crippen LogP contribution in [0.15, 0.2) is 78.9 Å². The van der Waals surface area contributed by atoms with Crippen LogP contribution in [-0.2, 0) is 26.3 Å². The van der Waals surface area contributed by atoms with Crippen LogP contribution in [0.4, 0.5) is 0 Å². The molecule has 3 aromatic carbocycles. The molecule has 4 rings (SSSR count). The van der Waals surface area contributed by atoms with Gasteiger partial charge in [0.15, 0.2) is 0 Å². The van der Waals surface area contributed by atoms with Crippen molar-refractivity contribution in [2.45, 2.75) is 38.1 Å². The molecule has 0 bridgehead atoms. The monoisotopic (exact) mass is 470 g/mol. The summed E-state index contributed by atoms with van der Waals surface area (Å²) in [4.78, 5) is 37.3. The van der Waals surface area contributed by atoms with Crippen LogP contribution in [0.2, 0.25) is 0 Å². The highest BCUT2D eigenvalue weighted by Crippen LogP contribution is 2.48. The number of esters is 1. The van der Waals surface area contributed by atoms with E-state index < -0.39 is 5.97 Å². The van der Waals surface area contributed by atoms with E-state index in [1.54, 1.807) is 24.3 Å². The maximum atomic E-state index is 13.3. The molecule has 2 amide bonds. The van der Waals surface area contributed by atoms with Crippen molar-refractivity contribution in [3.8, 4) is 0 Å². The average molecular weight is 471 g/mol. The largest absolute Gasteiger partial charge is 0.463 e. The van der Waals surface area contributed by atoms with Crippen LogP contribution in [0, 0.1) is 0 Å². The molecule has 6 heteroatoms. The van der Waals surface area contributed by atoms with E-state index in [0.717, 1.165) is 35.6 Å². The molecular weight excluding hydrogens is 440 g/mol. The molecule has 6 nitrogen and oxygen atoms in total. The molecule has 35 heavy (non-hydrogen) atoms. The summed E-state index contributed by atoms with van der Waals surface area (Å²) in [5.74, 6) is -0.840. The van der Waals surface area contributed by atoms with Crippen LogP contribution in [-0.4, -0.2) is 30.9 Å². The van der Waals surface area contributed by atoms with Crippen LogP contribution in [0.3, 0.4) is 0 Å². The molecule has 0 spiro atoms. The molecule has 1 aliphatic rings. The topological polar surface area (TPSA) is 84.5 Å². The quantitative estimate of drug-likeness (QED) is 0.339. The standard InChI is InChI=1S/C29H30N2O4/c1-2-19-35-27(33)15-8-18-30-26(32)20-22-10-4-6-13-24(22)28(34)31-29(16-17-29)25-14-7-11-21-9-3-5-12-23(21)25/h3-15H,2,16-20H2,1H3,(H,30,32)(H,31,34)/b15-8+. The highest BCUT2D eigenvalue weighted by atomic mass is 16.5. The summed E-state index contributed by atoms with van der Waals surface area (Å²) in [7, 11) is 0. The van der Waals surface area contributed by atoms with Gasteiger partial charge in [-0.3, -0.25) is 9.59 Å². The van der Waals surface area contributed by atoms with Crippen LogP contribution in [0.25, 0.3) is 10.8 Å². The highest BCUT2D eigenvalue weighted by Gasteiger charge is 2.46. The van der Waals surface area contributed by atoms with Gasteiger partial charge in [0.05, 0.1) is 18.6 Å². The van der Waals surface area contributed by atoms with Crippen LogP contribution >= 0.6 is 0 Å². The Hall–Kier alpha value is -3.93. The van der Waals surface area contributed by atoms with E-state index >= 15 is 0 Å². The molecule has 1 aliphatic carbocycles. The normalized spacial score (nSPS) is 14.0. The van der Waals surface area contributed by atoms with Gasteiger partial charge in [-0.25, -0.2) is 4.79 Å². The Labute approximate surface area is 205 Å². The zero-order chi connectivity index (χ0) is 24.7. The van der Waals surface area contributed by atoms with E-state index in [2.05, 4.69) is 34.9 Å². The first-order valence-corrected chi connectivity index (χ1v) is 12.0. The van der Waals surface area contributed by atoms with Gasteiger partial charge in [0.1, 0.15) is 0 Å². The van der Waals surface area contributed by atoms with E-state index in [1.807, 2.05) is 31.2 Å². The molecule has 3 aromatic rings. The van der Waals surface area contributed by atoms with E-state index in [4.69, 9.17) is 4.74 Å². The van der Waals surface area contributed by atoms with E-state index in [9.17, 15) is 14.4 Å². The molecule has 0 unspecified atom stereocenters. The Morgan fingerprint density at radius 1 is 0.971 bits per heavy atom. The first-order valence-electron chi connectivity index (χ1n) is 12.0. The molecular formula is C29H30N2O4. The zero-order valence-corrected chi connectivity index (χ0v) is 19.9. The summed E-state index contributed by atoms with van der Waals surface area (Å²) in [6, 6.07) is 21.6. The molecule has 1 saturated carbocycles. The molecule has 2 N–H and O–H groups in total. The maximum absolute atomic E-state index is 13.3. The van der Waals surface area contributed by atoms with Crippen molar-refractivity contribution in [1.29, 1.82) is 0 Å². The number of hydrogen-bond acceptors (Lipinski definition) is 4. The van der Waals surface area contributed by atoms with Crippen molar-refractivity contribution >= 4 is 28.6 Å². The first kappa shape index (κ1) is 24.2. The number of carbonyl (C=O) groups excluding carboxylic acids is 3. The predicted octanol–water partition coefficient (Wildman–Crippen LogP) is 4.43. The Morgan fingerprint density at radius 3 is 2.51 bits per heavy atom. The van der Waals surface area contributed by atoms with Gasteiger partial charge >= 0.3 is 5.97 Å². The van der Waals surface area contributed by atoms with Gasteiger partial charge in [0, 0.05) is 18.2 Å². The number of nitrogens with one attached hydrogen (secondary N) is 2. The molecule has 0 radical (unpaired) electrons. The molecule has 0 heterocycles. The summed E-state index contributed by atoms with van der Waals surface area (Å²) < 4.78 is 4.95. The third-order valence-electron chi connectivity index (χ3n) is 6.14. The summed E-state index contributed by atoms with van der Waals surface area (Å²) in [6.07, 6.45) is 5.44. The van der Waals surface area contributed by atoms with Crippen molar-refractivity contribution in [2.24, 2.45) is 0 Å². The van der Waals surface area contributed by atoms with Crippen LogP contribution in [0.1, 0.15) is 47.7 Å². The minimum absolute atomic E-state index is 0.0684. The number of hydrogen-bond donors (Lipinski definition) is 2. The fourth-order valence-electron chi connectivity index (χ4n) is 4.22. The van der Waals surface area contributed by atoms with Gasteiger partial charge in [-0.15, -0.1) is 0 Å². The van der Waals surface area contributed by atoms with Gasteiger partial charge in [-0.1, -0.05) is 73.7 Å². The van der Waals surface area contributed by atoms with Crippen LogP contribution < -0.4 is 10.6 Å². The minimum atomic E-state index is -0.427. The number of fused-ring (bicyclic) bond motifs is 1. The molecule has 0 saturated heterocycles. The Bertz CT molecular complexity index is 1260. The van der Waals surface area contributed by atoms with Gasteiger partial charge < -0.3 is 15.4 Å². The lowest BCUT2D eigenvalue weighted by Gasteiger charge is -2.21. The fourth-order valence-corrected chi connectivity index (χ4v) is 4.22. The van der Waals surface area contributed by atoms with Crippen LogP contribution in [0.5, 0.6) is 0 Å². The van der Waals surface area contributed by atoms with E-state index in [1.165, 1.54) is 6.08 Å². The second-order valence-corrected chi connectivity index (χ2v) is 8.77. The summed E-state index contributed by atoms with van der Waals surface area (Å²) in [5.41, 5.74) is 1.89. The van der Waals surface area contributed by atoms with Gasteiger partial charge in [0.25, 0.3) is 5.91 Å². The SMILES string of the molecule is CCCOC(=O)/C=C/CNC(=O)Cc1ccccc1C(=O)NC1(c2cccc3ccccc23)CC1. The molecule has 0 atom stereocenters. The molecule has 1 fully saturated rings. The first-order chi connectivity index (χ1) is 17.0. The lowest BCUT2D eigenvalue weighted by Crippen LogP contribution is -2.36. The average Bonchev–Trinajstić information content (AvgIpc) is 3.65. The number of benzene rings is 3. The molecule has 0 aromatic heterocycles. The Balaban J connectivity index is 1.41. The van der Waals surface area contributed by atoms with Gasteiger partial charge in [-0.05, 0) is 47.2 Å². The van der Waals surface area contributed by atoms with Crippen molar-refractivity contribution in [3.05, 3.63) is 95.6 Å². The maximum Gasteiger partial charge on any atom is 0.330 e. The Morgan fingerprint density at radius 2 is 1.71 bits per heavy atom. The van der Waals surface area contributed by atoms with Gasteiger partial charge in [-0.2, -0.15) is 0 Å². The van der Waals surface area contributed by atoms with Crippen molar-refractivity contribution in [2.75, 3.05) is 13.2 Å². The Kier molecular flexibility index (Phi) is 7.60. The summed E-state index contributed by atoms with van der Waals surface area (Å²) >= 11 is 0. The smallest absolute Gasteiger partial charge is 0.330 e. The zero-order valence-electron chi connectivity index (χ0n) is 19.9. The third kappa shape index (κ3) is 5.96. The van der Waals surface area contributed by atoms with E-state index in [-0.39, 0.29) is 30.3 Å². The van der Waals surface area contributed by atoms with Crippen molar-refractivity contribution in [1.82, 2.24) is 10.6 Å². The van der Waals surface area contributed by atoms with E-state index in [0.29, 0.717) is 17.7 Å². The van der Waals surface area contributed by atoms with Gasteiger partial charge in [0.2, 0.25) is 5.91 Å². The van der Waals surface area contributed by atoms with Crippen molar-refractivity contribution < 1.29 is 19.1 Å². The number of amides is 2. The fraction of sp³-hybridized carbons (Fsp3) is 0.276. The second-order valence-electron chi connectivity index (χ2n) is 8.77.